The largest absolute Gasteiger partial charge is 0.348 e. The fourth-order valence-corrected chi connectivity index (χ4v) is 3.52. The quantitative estimate of drug-likeness (QED) is 0.680. The fraction of sp³-hybridized carbons (Fsp3) is 0.381. The highest BCUT2D eigenvalue weighted by Gasteiger charge is 2.28. The SMILES string of the molecule is CC(C)(C)ONC(=O)c1cnc2ccc(N3CCC[C@@H]3c3cccc(F)c3)nn12. The molecule has 1 amide bonds. The number of carbonyl (C=O) groups is 1. The Bertz CT molecular complexity index is 1040. The predicted octanol–water partition coefficient (Wildman–Crippen LogP) is 3.67. The van der Waals surface area contributed by atoms with E-state index in [1.54, 1.807) is 12.1 Å². The molecule has 8 heteroatoms. The molecule has 0 radical (unpaired) electrons. The molecule has 29 heavy (non-hydrogen) atoms. The molecule has 0 saturated carbocycles. The first-order valence-corrected chi connectivity index (χ1v) is 9.67. The van der Waals surface area contributed by atoms with Gasteiger partial charge in [-0.2, -0.15) is 0 Å². The van der Waals surface area contributed by atoms with Crippen LogP contribution in [-0.4, -0.2) is 32.7 Å². The lowest BCUT2D eigenvalue weighted by Crippen LogP contribution is -2.34. The predicted molar refractivity (Wildman–Crippen MR) is 107 cm³/mol. The Kier molecular flexibility index (Phi) is 4.96. The van der Waals surface area contributed by atoms with Crippen LogP contribution in [0.25, 0.3) is 5.65 Å². The van der Waals surface area contributed by atoms with Crippen molar-refractivity contribution in [2.75, 3.05) is 11.4 Å². The minimum absolute atomic E-state index is 0.0423. The van der Waals surface area contributed by atoms with Crippen LogP contribution in [0, 0.1) is 5.82 Å². The second-order valence-electron chi connectivity index (χ2n) is 8.16. The molecule has 1 aliphatic heterocycles. The second-order valence-corrected chi connectivity index (χ2v) is 8.16. The number of benzene rings is 1. The first-order chi connectivity index (χ1) is 13.8. The topological polar surface area (TPSA) is 71.8 Å². The van der Waals surface area contributed by atoms with Crippen molar-refractivity contribution in [1.82, 2.24) is 20.1 Å². The van der Waals surface area contributed by atoms with Gasteiger partial charge in [0.2, 0.25) is 0 Å². The molecule has 3 aromatic rings. The van der Waals surface area contributed by atoms with Crippen molar-refractivity contribution in [3.05, 3.63) is 59.7 Å². The van der Waals surface area contributed by atoms with E-state index in [1.165, 1.54) is 16.8 Å². The summed E-state index contributed by atoms with van der Waals surface area (Å²) in [6.07, 6.45) is 3.37. The van der Waals surface area contributed by atoms with E-state index in [4.69, 9.17) is 4.84 Å². The summed E-state index contributed by atoms with van der Waals surface area (Å²) in [6, 6.07) is 10.4. The van der Waals surface area contributed by atoms with Crippen LogP contribution < -0.4 is 10.4 Å². The Balaban J connectivity index is 1.64. The van der Waals surface area contributed by atoms with Crippen LogP contribution in [0.5, 0.6) is 0 Å². The van der Waals surface area contributed by atoms with E-state index in [-0.39, 0.29) is 17.6 Å². The van der Waals surface area contributed by atoms with Crippen molar-refractivity contribution in [2.45, 2.75) is 45.3 Å². The molecule has 0 aliphatic carbocycles. The van der Waals surface area contributed by atoms with Gasteiger partial charge in [-0.15, -0.1) is 5.10 Å². The highest BCUT2D eigenvalue weighted by Crippen LogP contribution is 2.35. The summed E-state index contributed by atoms with van der Waals surface area (Å²) in [6.45, 7) is 6.34. The smallest absolute Gasteiger partial charge is 0.295 e. The first kappa shape index (κ1) is 19.3. The molecule has 3 heterocycles. The lowest BCUT2D eigenvalue weighted by molar-refractivity contribution is -0.0592. The van der Waals surface area contributed by atoms with Crippen LogP contribution in [0.3, 0.4) is 0 Å². The van der Waals surface area contributed by atoms with Gasteiger partial charge < -0.3 is 4.90 Å². The van der Waals surface area contributed by atoms with Crippen molar-refractivity contribution >= 4 is 17.4 Å². The van der Waals surface area contributed by atoms with Crippen LogP contribution in [0.15, 0.2) is 42.6 Å². The maximum atomic E-state index is 13.7. The zero-order chi connectivity index (χ0) is 20.6. The number of anilines is 1. The minimum atomic E-state index is -0.511. The fourth-order valence-electron chi connectivity index (χ4n) is 3.52. The lowest BCUT2D eigenvalue weighted by atomic mass is 10.0. The lowest BCUT2D eigenvalue weighted by Gasteiger charge is -2.26. The summed E-state index contributed by atoms with van der Waals surface area (Å²) in [5, 5.41) is 4.65. The van der Waals surface area contributed by atoms with Gasteiger partial charge >= 0.3 is 0 Å². The van der Waals surface area contributed by atoms with Crippen LogP contribution in [0.4, 0.5) is 10.2 Å². The number of carbonyl (C=O) groups excluding carboxylic acids is 1. The molecular formula is C21H24FN5O2. The van der Waals surface area contributed by atoms with Crippen molar-refractivity contribution < 1.29 is 14.0 Å². The molecular weight excluding hydrogens is 373 g/mol. The second kappa shape index (κ2) is 7.44. The minimum Gasteiger partial charge on any atom is -0.348 e. The summed E-state index contributed by atoms with van der Waals surface area (Å²) < 4.78 is 15.2. The summed E-state index contributed by atoms with van der Waals surface area (Å²) in [5.74, 6) is 0.0541. The van der Waals surface area contributed by atoms with E-state index >= 15 is 0 Å². The molecule has 7 nitrogen and oxygen atoms in total. The van der Waals surface area contributed by atoms with Crippen LogP contribution in [-0.2, 0) is 4.84 Å². The molecule has 1 aliphatic rings. The summed E-state index contributed by atoms with van der Waals surface area (Å²) in [7, 11) is 0. The molecule has 1 saturated heterocycles. The van der Waals surface area contributed by atoms with Gasteiger partial charge in [0, 0.05) is 6.54 Å². The van der Waals surface area contributed by atoms with Gasteiger partial charge in [0.1, 0.15) is 11.6 Å². The van der Waals surface area contributed by atoms with Crippen LogP contribution in [0.2, 0.25) is 0 Å². The zero-order valence-corrected chi connectivity index (χ0v) is 16.7. The molecule has 1 aromatic carbocycles. The third-order valence-electron chi connectivity index (χ3n) is 4.81. The number of hydroxylamine groups is 1. The molecule has 4 rings (SSSR count). The van der Waals surface area contributed by atoms with Gasteiger partial charge in [-0.25, -0.2) is 19.4 Å². The highest BCUT2D eigenvalue weighted by atomic mass is 19.1. The van der Waals surface area contributed by atoms with Gasteiger partial charge in [0.15, 0.2) is 11.3 Å². The third-order valence-corrected chi connectivity index (χ3v) is 4.81. The Hall–Kier alpha value is -3.00. The number of amides is 1. The molecule has 152 valence electrons. The highest BCUT2D eigenvalue weighted by molar-refractivity contribution is 5.92. The van der Waals surface area contributed by atoms with E-state index in [0.717, 1.165) is 24.9 Å². The number of nitrogens with one attached hydrogen (secondary N) is 1. The average Bonchev–Trinajstić information content (AvgIpc) is 3.32. The summed E-state index contributed by atoms with van der Waals surface area (Å²) in [5.41, 5.74) is 3.71. The number of imidazole rings is 1. The zero-order valence-electron chi connectivity index (χ0n) is 16.7. The summed E-state index contributed by atoms with van der Waals surface area (Å²) in [4.78, 5) is 24.3. The maximum Gasteiger partial charge on any atom is 0.295 e. The normalized spacial score (nSPS) is 17.1. The van der Waals surface area contributed by atoms with Gasteiger partial charge in [-0.3, -0.25) is 9.63 Å². The molecule has 1 atom stereocenters. The van der Waals surface area contributed by atoms with E-state index < -0.39 is 11.5 Å². The van der Waals surface area contributed by atoms with Gasteiger partial charge in [-0.05, 0) is 63.4 Å². The van der Waals surface area contributed by atoms with E-state index in [9.17, 15) is 9.18 Å². The maximum absolute atomic E-state index is 13.7. The van der Waals surface area contributed by atoms with Crippen molar-refractivity contribution in [1.29, 1.82) is 0 Å². The van der Waals surface area contributed by atoms with Crippen LogP contribution >= 0.6 is 0 Å². The monoisotopic (exact) mass is 397 g/mol. The number of hydrogen-bond donors (Lipinski definition) is 1. The molecule has 2 aromatic heterocycles. The number of rotatable bonds is 4. The van der Waals surface area contributed by atoms with Crippen LogP contribution in [0.1, 0.15) is 55.7 Å². The van der Waals surface area contributed by atoms with Crippen molar-refractivity contribution in [3.63, 3.8) is 0 Å². The van der Waals surface area contributed by atoms with Gasteiger partial charge in [-0.1, -0.05) is 12.1 Å². The first-order valence-electron chi connectivity index (χ1n) is 9.67. The van der Waals surface area contributed by atoms with Gasteiger partial charge in [0.05, 0.1) is 17.8 Å². The van der Waals surface area contributed by atoms with E-state index in [2.05, 4.69) is 20.5 Å². The Labute approximate surface area is 168 Å². The Morgan fingerprint density at radius 3 is 2.86 bits per heavy atom. The molecule has 1 N–H and O–H groups in total. The van der Waals surface area contributed by atoms with Crippen molar-refractivity contribution in [3.8, 4) is 0 Å². The molecule has 0 spiro atoms. The average molecular weight is 397 g/mol. The molecule has 0 bridgehead atoms. The number of nitrogens with zero attached hydrogens (tertiary/aromatic N) is 4. The number of fused-ring (bicyclic) bond motifs is 1. The molecule has 1 fully saturated rings. The van der Waals surface area contributed by atoms with Crippen molar-refractivity contribution in [2.24, 2.45) is 0 Å². The molecule has 0 unspecified atom stereocenters. The summed E-state index contributed by atoms with van der Waals surface area (Å²) >= 11 is 0. The van der Waals surface area contributed by atoms with E-state index in [0.29, 0.717) is 11.5 Å². The van der Waals surface area contributed by atoms with E-state index in [1.807, 2.05) is 39.0 Å². The Morgan fingerprint density at radius 1 is 1.28 bits per heavy atom. The Morgan fingerprint density at radius 2 is 2.10 bits per heavy atom. The standard InChI is InChI=1S/C21H24FN5O2/c1-21(2,3)29-25-20(28)17-13-23-18-9-10-19(24-27(17)18)26-11-5-8-16(26)14-6-4-7-15(22)12-14/h4,6-7,9-10,12-13,16H,5,8,11H2,1-3H3,(H,25,28)/t16-/m1/s1. The number of hydrogen-bond acceptors (Lipinski definition) is 5. The third kappa shape index (κ3) is 4.07. The number of aromatic nitrogens is 3. The number of halogens is 1. The van der Waals surface area contributed by atoms with Gasteiger partial charge in [0.25, 0.3) is 5.91 Å².